The van der Waals surface area contributed by atoms with E-state index in [4.69, 9.17) is 0 Å². The number of amides is 2. The van der Waals surface area contributed by atoms with E-state index in [1.54, 1.807) is 4.90 Å². The van der Waals surface area contributed by atoms with Crippen molar-refractivity contribution < 1.29 is 14.7 Å². The summed E-state index contributed by atoms with van der Waals surface area (Å²) in [6, 6.07) is 23.9. The molecule has 0 radical (unpaired) electrons. The Balaban J connectivity index is 1.25. The minimum atomic E-state index is -0.810. The lowest BCUT2D eigenvalue weighted by atomic mass is 9.90. The van der Waals surface area contributed by atoms with Crippen LogP contribution in [0.4, 0.5) is 10.6 Å². The lowest BCUT2D eigenvalue weighted by Crippen LogP contribution is -2.40. The number of rotatable bonds is 9. The van der Waals surface area contributed by atoms with Crippen LogP contribution in [0.2, 0.25) is 0 Å². The fraction of sp³-hybridized carbons (Fsp3) is 0.321. The number of urea groups is 1. The fourth-order valence-corrected chi connectivity index (χ4v) is 4.51. The summed E-state index contributed by atoms with van der Waals surface area (Å²) in [4.78, 5) is 30.6. The molecule has 1 aliphatic heterocycles. The Kier molecular flexibility index (Phi) is 8.33. The number of carboxylic acids is 1. The molecule has 1 aliphatic rings. The smallest absolute Gasteiger partial charge is 0.317 e. The number of nitrogens with one attached hydrogen (secondary N) is 2. The van der Waals surface area contributed by atoms with Crippen LogP contribution in [0.25, 0.3) is 0 Å². The van der Waals surface area contributed by atoms with Gasteiger partial charge in [0.2, 0.25) is 0 Å². The molecule has 2 heterocycles. The summed E-state index contributed by atoms with van der Waals surface area (Å²) in [6.07, 6.45) is 2.28. The average Bonchev–Trinajstić information content (AvgIpc) is 3.05. The van der Waals surface area contributed by atoms with Crippen LogP contribution in [0.5, 0.6) is 0 Å². The lowest BCUT2D eigenvalue weighted by Gasteiger charge is -2.21. The zero-order valence-electron chi connectivity index (χ0n) is 19.8. The van der Waals surface area contributed by atoms with Gasteiger partial charge in [-0.05, 0) is 54.0 Å². The molecule has 0 spiro atoms. The maximum atomic E-state index is 12.8. The minimum absolute atomic E-state index is 0.0737. The van der Waals surface area contributed by atoms with Gasteiger partial charge in [0.15, 0.2) is 0 Å². The summed E-state index contributed by atoms with van der Waals surface area (Å²) in [7, 11) is 0. The predicted molar refractivity (Wildman–Crippen MR) is 136 cm³/mol. The standard InChI is InChI=1S/C28H32N4O3/c33-27(34)18-22-15-17-32(20-23-10-4-5-13-25(22)23)28(35)29-16-7-12-24-11-6-14-26(31-24)30-19-21-8-2-1-3-9-21/h1-6,8-11,13-14,22H,7,12,15-20H2,(H,29,35)(H,30,31)(H,33,34). The molecule has 4 rings (SSSR count). The van der Waals surface area contributed by atoms with Gasteiger partial charge in [-0.15, -0.1) is 0 Å². The number of carbonyl (C=O) groups excluding carboxylic acids is 1. The molecular formula is C28H32N4O3. The quantitative estimate of drug-likeness (QED) is 0.389. The van der Waals surface area contributed by atoms with E-state index >= 15 is 0 Å². The van der Waals surface area contributed by atoms with Crippen molar-refractivity contribution in [2.24, 2.45) is 0 Å². The van der Waals surface area contributed by atoms with Crippen molar-refractivity contribution in [2.75, 3.05) is 18.4 Å². The third kappa shape index (κ3) is 7.06. The second-order valence-electron chi connectivity index (χ2n) is 8.89. The van der Waals surface area contributed by atoms with Crippen LogP contribution >= 0.6 is 0 Å². The van der Waals surface area contributed by atoms with E-state index in [2.05, 4.69) is 27.8 Å². The maximum Gasteiger partial charge on any atom is 0.317 e. The molecule has 182 valence electrons. The van der Waals surface area contributed by atoms with Gasteiger partial charge in [-0.3, -0.25) is 4.79 Å². The van der Waals surface area contributed by atoms with Crippen molar-refractivity contribution in [1.82, 2.24) is 15.2 Å². The minimum Gasteiger partial charge on any atom is -0.481 e. The maximum absolute atomic E-state index is 12.8. The van der Waals surface area contributed by atoms with E-state index in [-0.39, 0.29) is 18.4 Å². The molecule has 0 saturated carbocycles. The van der Waals surface area contributed by atoms with Crippen molar-refractivity contribution in [3.8, 4) is 0 Å². The van der Waals surface area contributed by atoms with Gasteiger partial charge in [0.05, 0.1) is 6.42 Å². The van der Waals surface area contributed by atoms with Gasteiger partial charge in [-0.2, -0.15) is 0 Å². The monoisotopic (exact) mass is 472 g/mol. The van der Waals surface area contributed by atoms with Gasteiger partial charge in [-0.25, -0.2) is 9.78 Å². The molecule has 0 saturated heterocycles. The van der Waals surface area contributed by atoms with Gasteiger partial charge < -0.3 is 20.6 Å². The molecule has 0 bridgehead atoms. The van der Waals surface area contributed by atoms with Gasteiger partial charge in [-0.1, -0.05) is 60.7 Å². The molecule has 35 heavy (non-hydrogen) atoms. The molecule has 2 aromatic carbocycles. The van der Waals surface area contributed by atoms with E-state index in [1.165, 1.54) is 5.56 Å². The van der Waals surface area contributed by atoms with Crippen molar-refractivity contribution in [2.45, 2.75) is 44.7 Å². The van der Waals surface area contributed by atoms with Crippen molar-refractivity contribution in [3.63, 3.8) is 0 Å². The molecule has 0 aliphatic carbocycles. The molecule has 7 nitrogen and oxygen atoms in total. The summed E-state index contributed by atoms with van der Waals surface area (Å²) >= 11 is 0. The number of fused-ring (bicyclic) bond motifs is 1. The van der Waals surface area contributed by atoms with Crippen molar-refractivity contribution in [3.05, 3.63) is 95.2 Å². The third-order valence-electron chi connectivity index (χ3n) is 6.32. The molecule has 3 N–H and O–H groups in total. The first-order valence-electron chi connectivity index (χ1n) is 12.1. The summed E-state index contributed by atoms with van der Waals surface area (Å²) in [5.41, 5.74) is 4.25. The fourth-order valence-electron chi connectivity index (χ4n) is 4.51. The highest BCUT2D eigenvalue weighted by Gasteiger charge is 2.26. The number of carbonyl (C=O) groups is 2. The van der Waals surface area contributed by atoms with Gasteiger partial charge >= 0.3 is 12.0 Å². The largest absolute Gasteiger partial charge is 0.481 e. The third-order valence-corrected chi connectivity index (χ3v) is 6.32. The number of anilines is 1. The normalized spacial score (nSPS) is 15.1. The predicted octanol–water partition coefficient (Wildman–Crippen LogP) is 4.80. The molecule has 3 aromatic rings. The number of hydrogen-bond donors (Lipinski definition) is 3. The lowest BCUT2D eigenvalue weighted by molar-refractivity contribution is -0.137. The Labute approximate surface area is 206 Å². The Bertz CT molecular complexity index is 1140. The van der Waals surface area contributed by atoms with E-state index in [0.717, 1.165) is 42.0 Å². The summed E-state index contributed by atoms with van der Waals surface area (Å²) in [6.45, 7) is 2.31. The average molecular weight is 473 g/mol. The molecular weight excluding hydrogens is 440 g/mol. The number of hydrogen-bond acceptors (Lipinski definition) is 4. The van der Waals surface area contributed by atoms with Gasteiger partial charge in [0.1, 0.15) is 5.82 Å². The SMILES string of the molecule is O=C(O)CC1CCN(C(=O)NCCCc2cccc(NCc3ccccc3)n2)Cc2ccccc21. The Hall–Kier alpha value is -3.87. The second-order valence-corrected chi connectivity index (χ2v) is 8.89. The van der Waals surface area contributed by atoms with E-state index < -0.39 is 5.97 Å². The van der Waals surface area contributed by atoms with Crippen LogP contribution in [-0.2, 0) is 24.3 Å². The molecule has 0 fully saturated rings. The number of aromatic nitrogens is 1. The van der Waals surface area contributed by atoms with Gasteiger partial charge in [0.25, 0.3) is 0 Å². The van der Waals surface area contributed by atoms with E-state index in [0.29, 0.717) is 26.1 Å². The van der Waals surface area contributed by atoms with Crippen LogP contribution in [0, 0.1) is 0 Å². The van der Waals surface area contributed by atoms with Crippen molar-refractivity contribution in [1.29, 1.82) is 0 Å². The number of nitrogens with zero attached hydrogens (tertiary/aromatic N) is 2. The molecule has 2 amide bonds. The summed E-state index contributed by atoms with van der Waals surface area (Å²) < 4.78 is 0. The topological polar surface area (TPSA) is 94.6 Å². The molecule has 7 heteroatoms. The van der Waals surface area contributed by atoms with Crippen LogP contribution in [-0.4, -0.2) is 40.1 Å². The number of aryl methyl sites for hydroxylation is 1. The van der Waals surface area contributed by atoms with E-state index in [1.807, 2.05) is 60.7 Å². The highest BCUT2D eigenvalue weighted by Crippen LogP contribution is 2.31. The van der Waals surface area contributed by atoms with Gasteiger partial charge in [0, 0.05) is 31.9 Å². The van der Waals surface area contributed by atoms with Crippen LogP contribution in [0.1, 0.15) is 47.6 Å². The van der Waals surface area contributed by atoms with Crippen LogP contribution < -0.4 is 10.6 Å². The second kappa shape index (κ2) is 12.0. The summed E-state index contributed by atoms with van der Waals surface area (Å²) in [5.74, 6) is -0.0412. The van der Waals surface area contributed by atoms with Crippen molar-refractivity contribution >= 4 is 17.8 Å². The molecule has 1 aromatic heterocycles. The Morgan fingerprint density at radius 3 is 2.63 bits per heavy atom. The van der Waals surface area contributed by atoms with E-state index in [9.17, 15) is 14.7 Å². The number of pyridine rings is 1. The zero-order chi connectivity index (χ0) is 24.5. The first kappa shape index (κ1) is 24.3. The number of benzene rings is 2. The first-order valence-corrected chi connectivity index (χ1v) is 12.1. The molecule has 1 atom stereocenters. The number of carboxylic acid groups (broad SMARTS) is 1. The first-order chi connectivity index (χ1) is 17.1. The highest BCUT2D eigenvalue weighted by atomic mass is 16.4. The Morgan fingerprint density at radius 1 is 1.00 bits per heavy atom. The zero-order valence-corrected chi connectivity index (χ0v) is 19.8. The molecule has 1 unspecified atom stereocenters. The summed E-state index contributed by atoms with van der Waals surface area (Å²) in [5, 5.41) is 15.7. The number of aliphatic carboxylic acids is 1. The highest BCUT2D eigenvalue weighted by molar-refractivity contribution is 5.74. The van der Waals surface area contributed by atoms with Crippen LogP contribution in [0.3, 0.4) is 0 Å². The van der Waals surface area contributed by atoms with Crippen LogP contribution in [0.15, 0.2) is 72.8 Å². The Morgan fingerprint density at radius 2 is 1.80 bits per heavy atom.